The van der Waals surface area contributed by atoms with E-state index in [0.29, 0.717) is 6.42 Å². The van der Waals surface area contributed by atoms with Gasteiger partial charge in [0.1, 0.15) is 12.7 Å². The number of hydrogen-bond acceptors (Lipinski definition) is 4. The van der Waals surface area contributed by atoms with E-state index in [4.69, 9.17) is 0 Å². The molecule has 1 atom stereocenters. The molecule has 0 rings (SSSR count). The first-order valence-corrected chi connectivity index (χ1v) is 5.59. The van der Waals surface area contributed by atoms with E-state index < -0.39 is 17.5 Å². The van der Waals surface area contributed by atoms with Crippen LogP contribution >= 0.6 is 0 Å². The van der Waals surface area contributed by atoms with E-state index in [-0.39, 0.29) is 19.1 Å². The van der Waals surface area contributed by atoms with Crippen molar-refractivity contribution in [2.24, 2.45) is 5.41 Å². The van der Waals surface area contributed by atoms with Crippen LogP contribution in [0.15, 0.2) is 12.7 Å². The molecule has 0 bridgehead atoms. The van der Waals surface area contributed by atoms with Gasteiger partial charge in [-0.1, -0.05) is 27.4 Å². The largest absolute Gasteiger partial charge is 0.460 e. The number of hydrogen-bond donors (Lipinski definition) is 2. The normalized spacial score (nSPS) is 12.7. The molecule has 0 heterocycles. The Morgan fingerprint density at radius 2 is 2.12 bits per heavy atom. The van der Waals surface area contributed by atoms with Gasteiger partial charge in [0, 0.05) is 18.0 Å². The molecule has 1 unspecified atom stereocenters. The second-order valence-corrected chi connectivity index (χ2v) is 4.44. The number of nitrogens with one attached hydrogen (secondary N) is 1. The third-order valence-electron chi connectivity index (χ3n) is 2.58. The lowest BCUT2D eigenvalue weighted by atomic mass is 9.89. The van der Waals surface area contributed by atoms with Crippen LogP contribution in [0, 0.1) is 5.41 Å². The van der Waals surface area contributed by atoms with Crippen LogP contribution in [-0.2, 0) is 14.3 Å². The minimum atomic E-state index is -0.907. The molecule has 17 heavy (non-hydrogen) atoms. The Labute approximate surface area is 102 Å². The fourth-order valence-corrected chi connectivity index (χ4v) is 0.907. The van der Waals surface area contributed by atoms with Gasteiger partial charge in [0.15, 0.2) is 0 Å². The zero-order valence-electron chi connectivity index (χ0n) is 10.7. The molecule has 0 aliphatic carbocycles. The van der Waals surface area contributed by atoms with E-state index in [0.717, 1.165) is 6.08 Å². The lowest BCUT2D eigenvalue weighted by Crippen LogP contribution is -2.41. The highest BCUT2D eigenvalue weighted by molar-refractivity contribution is 5.82. The Hall–Kier alpha value is -1.36. The summed E-state index contributed by atoms with van der Waals surface area (Å²) in [5.74, 6) is -0.724. The summed E-state index contributed by atoms with van der Waals surface area (Å²) in [6.07, 6.45) is 0.821. The molecule has 2 N–H and O–H groups in total. The number of aliphatic hydroxyl groups excluding tert-OH is 1. The molecule has 5 nitrogen and oxygen atoms in total. The highest BCUT2D eigenvalue weighted by atomic mass is 16.5. The van der Waals surface area contributed by atoms with Gasteiger partial charge in [-0.05, 0) is 6.42 Å². The number of rotatable bonds is 7. The first-order chi connectivity index (χ1) is 7.83. The Morgan fingerprint density at radius 1 is 1.53 bits per heavy atom. The van der Waals surface area contributed by atoms with Crippen molar-refractivity contribution in [1.82, 2.24) is 5.32 Å². The highest BCUT2D eigenvalue weighted by Gasteiger charge is 2.25. The molecule has 0 aliphatic rings. The minimum Gasteiger partial charge on any atom is -0.460 e. The van der Waals surface area contributed by atoms with Crippen molar-refractivity contribution < 1.29 is 19.4 Å². The van der Waals surface area contributed by atoms with E-state index in [1.165, 1.54) is 0 Å². The molecule has 0 aliphatic heterocycles. The van der Waals surface area contributed by atoms with E-state index >= 15 is 0 Å². The van der Waals surface area contributed by atoms with Gasteiger partial charge in [0.05, 0.1) is 0 Å². The van der Waals surface area contributed by atoms with Crippen LogP contribution in [0.25, 0.3) is 0 Å². The van der Waals surface area contributed by atoms with Gasteiger partial charge in [-0.2, -0.15) is 0 Å². The third-order valence-corrected chi connectivity index (χ3v) is 2.58. The summed E-state index contributed by atoms with van der Waals surface area (Å²) < 4.78 is 4.64. The van der Waals surface area contributed by atoms with Gasteiger partial charge in [0.2, 0.25) is 5.91 Å². The predicted molar refractivity (Wildman–Crippen MR) is 64.2 cm³/mol. The summed E-state index contributed by atoms with van der Waals surface area (Å²) in [6, 6.07) is 0. The molecule has 0 radical (unpaired) electrons. The van der Waals surface area contributed by atoms with E-state index in [9.17, 15) is 14.7 Å². The van der Waals surface area contributed by atoms with E-state index in [2.05, 4.69) is 16.6 Å². The van der Waals surface area contributed by atoms with Gasteiger partial charge in [0.25, 0.3) is 0 Å². The monoisotopic (exact) mass is 243 g/mol. The SMILES string of the molecule is C=CC(=O)OCC(O)CNC(=O)C(C)(C)CC. The molecule has 1 amide bonds. The van der Waals surface area contributed by atoms with Crippen LogP contribution in [0.1, 0.15) is 27.2 Å². The van der Waals surface area contributed by atoms with E-state index in [1.54, 1.807) is 0 Å². The van der Waals surface area contributed by atoms with Crippen LogP contribution in [-0.4, -0.2) is 36.2 Å². The molecule has 0 aromatic carbocycles. The van der Waals surface area contributed by atoms with Crippen molar-refractivity contribution in [3.8, 4) is 0 Å². The van der Waals surface area contributed by atoms with Crippen LogP contribution in [0.2, 0.25) is 0 Å². The van der Waals surface area contributed by atoms with Crippen molar-refractivity contribution in [1.29, 1.82) is 0 Å². The van der Waals surface area contributed by atoms with Crippen LogP contribution in [0.5, 0.6) is 0 Å². The lowest BCUT2D eigenvalue weighted by Gasteiger charge is -2.22. The van der Waals surface area contributed by atoms with Gasteiger partial charge in [-0.25, -0.2) is 4.79 Å². The minimum absolute atomic E-state index is 0.0622. The Bertz CT molecular complexity index is 286. The quantitative estimate of drug-likeness (QED) is 0.508. The van der Waals surface area contributed by atoms with Gasteiger partial charge < -0.3 is 15.2 Å². The number of carbonyl (C=O) groups is 2. The summed E-state index contributed by atoms with van der Waals surface area (Å²) >= 11 is 0. The first-order valence-electron chi connectivity index (χ1n) is 5.59. The van der Waals surface area contributed by atoms with E-state index in [1.807, 2.05) is 20.8 Å². The number of aliphatic hydroxyl groups is 1. The number of amides is 1. The summed E-state index contributed by atoms with van der Waals surface area (Å²) in [5, 5.41) is 12.1. The Kier molecular flexibility index (Phi) is 6.50. The third kappa shape index (κ3) is 6.06. The molecular formula is C12H21NO4. The Balaban J connectivity index is 3.92. The molecule has 0 fully saturated rings. The molecule has 0 spiro atoms. The molecule has 0 aromatic heterocycles. The van der Waals surface area contributed by atoms with Crippen LogP contribution in [0.3, 0.4) is 0 Å². The fourth-order valence-electron chi connectivity index (χ4n) is 0.907. The van der Waals surface area contributed by atoms with Crippen molar-refractivity contribution in [3.05, 3.63) is 12.7 Å². The van der Waals surface area contributed by atoms with Crippen LogP contribution in [0.4, 0.5) is 0 Å². The zero-order valence-corrected chi connectivity index (χ0v) is 10.7. The predicted octanol–water partition coefficient (Wildman–Crippen LogP) is 0.629. The maximum Gasteiger partial charge on any atom is 0.330 e. The molecular weight excluding hydrogens is 222 g/mol. The lowest BCUT2D eigenvalue weighted by molar-refractivity contribution is -0.140. The maximum absolute atomic E-state index is 11.6. The molecule has 5 heteroatoms. The number of carbonyl (C=O) groups excluding carboxylic acids is 2. The van der Waals surface area contributed by atoms with Crippen molar-refractivity contribution in [2.75, 3.05) is 13.2 Å². The summed E-state index contributed by atoms with van der Waals surface area (Å²) in [5.41, 5.74) is -0.461. The average Bonchev–Trinajstić information content (AvgIpc) is 2.32. The molecule has 0 saturated heterocycles. The zero-order chi connectivity index (χ0) is 13.5. The summed E-state index contributed by atoms with van der Waals surface area (Å²) in [7, 11) is 0. The Morgan fingerprint density at radius 3 is 2.59 bits per heavy atom. The fraction of sp³-hybridized carbons (Fsp3) is 0.667. The second-order valence-electron chi connectivity index (χ2n) is 4.44. The molecule has 0 aromatic rings. The number of ether oxygens (including phenoxy) is 1. The van der Waals surface area contributed by atoms with Gasteiger partial charge in [-0.15, -0.1) is 0 Å². The van der Waals surface area contributed by atoms with Crippen molar-refractivity contribution >= 4 is 11.9 Å². The van der Waals surface area contributed by atoms with Crippen LogP contribution < -0.4 is 5.32 Å². The number of esters is 1. The topological polar surface area (TPSA) is 75.6 Å². The van der Waals surface area contributed by atoms with Crippen molar-refractivity contribution in [2.45, 2.75) is 33.3 Å². The second kappa shape index (κ2) is 7.06. The highest BCUT2D eigenvalue weighted by Crippen LogP contribution is 2.19. The summed E-state index contributed by atoms with van der Waals surface area (Å²) in [4.78, 5) is 22.4. The molecule has 98 valence electrons. The standard InChI is InChI=1S/C12H21NO4/c1-5-10(15)17-8-9(14)7-13-11(16)12(3,4)6-2/h5,9,14H,1,6-8H2,2-4H3,(H,13,16). The van der Waals surface area contributed by atoms with Crippen molar-refractivity contribution in [3.63, 3.8) is 0 Å². The first kappa shape index (κ1) is 15.6. The smallest absolute Gasteiger partial charge is 0.330 e. The van der Waals surface area contributed by atoms with Gasteiger partial charge >= 0.3 is 5.97 Å². The average molecular weight is 243 g/mol. The van der Waals surface area contributed by atoms with Gasteiger partial charge in [-0.3, -0.25) is 4.79 Å². The maximum atomic E-state index is 11.6. The molecule has 0 saturated carbocycles. The summed E-state index contributed by atoms with van der Waals surface area (Å²) in [6.45, 7) is 8.71.